The minimum Gasteiger partial charge on any atom is -0.247 e. The second-order valence-electron chi connectivity index (χ2n) is 1.16. The molecule has 0 spiro atoms. The maximum absolute atomic E-state index is 11.9. The van der Waals surface area contributed by atoms with Crippen molar-refractivity contribution in [2.24, 2.45) is 0 Å². The van der Waals surface area contributed by atoms with Crippen molar-refractivity contribution in [2.45, 2.75) is 12.7 Å². The van der Waals surface area contributed by atoms with Gasteiger partial charge >= 0.3 is 6.00 Å². The van der Waals surface area contributed by atoms with Crippen LogP contribution in [0, 0.1) is 0 Å². The minimum atomic E-state index is -2.98. The fourth-order valence-electron chi connectivity index (χ4n) is 0. The maximum Gasteiger partial charge on any atom is 0.374 e. The SMILES string of the molecule is CC(F)[Si](Cl)(Cl)Cl. The minimum absolute atomic E-state index is 1.25. The molecule has 0 aliphatic heterocycles. The van der Waals surface area contributed by atoms with Crippen LogP contribution in [0.15, 0.2) is 0 Å². The molecule has 1 unspecified atom stereocenters. The van der Waals surface area contributed by atoms with Crippen molar-refractivity contribution in [1.82, 2.24) is 0 Å². The molecular formula is C2H4Cl3FSi. The number of rotatable bonds is 1. The van der Waals surface area contributed by atoms with Gasteiger partial charge in [-0.2, -0.15) is 0 Å². The smallest absolute Gasteiger partial charge is 0.247 e. The van der Waals surface area contributed by atoms with Crippen LogP contribution in [0.3, 0.4) is 0 Å². The fourth-order valence-corrected chi connectivity index (χ4v) is 0. The van der Waals surface area contributed by atoms with Crippen LogP contribution < -0.4 is 0 Å². The summed E-state index contributed by atoms with van der Waals surface area (Å²) in [5.74, 6) is -1.27. The molecule has 0 heterocycles. The summed E-state index contributed by atoms with van der Waals surface area (Å²) in [6, 6.07) is -2.98. The first-order chi connectivity index (χ1) is 2.94. The van der Waals surface area contributed by atoms with E-state index in [1.54, 1.807) is 0 Å². The second kappa shape index (κ2) is 2.53. The van der Waals surface area contributed by atoms with Crippen LogP contribution in [-0.2, 0) is 0 Å². The van der Waals surface area contributed by atoms with Crippen molar-refractivity contribution in [2.75, 3.05) is 0 Å². The first-order valence-electron chi connectivity index (χ1n) is 1.65. The molecule has 0 fully saturated rings. The Bertz CT molecular complexity index is 58.4. The van der Waals surface area contributed by atoms with Crippen LogP contribution in [0.5, 0.6) is 0 Å². The molecule has 1 atom stereocenters. The van der Waals surface area contributed by atoms with Gasteiger partial charge in [0.25, 0.3) is 0 Å². The molecule has 0 nitrogen and oxygen atoms in total. The van der Waals surface area contributed by atoms with Gasteiger partial charge in [-0.1, -0.05) is 0 Å². The van der Waals surface area contributed by atoms with Crippen molar-refractivity contribution in [3.8, 4) is 0 Å². The molecule has 0 N–H and O–H groups in total. The van der Waals surface area contributed by atoms with Crippen LogP contribution in [-0.4, -0.2) is 11.8 Å². The van der Waals surface area contributed by atoms with Gasteiger partial charge in [0, 0.05) is 0 Å². The lowest BCUT2D eigenvalue weighted by Gasteiger charge is -2.05. The van der Waals surface area contributed by atoms with Crippen molar-refractivity contribution >= 4 is 39.2 Å². The highest BCUT2D eigenvalue weighted by atomic mass is 35.8. The number of hydrogen-bond donors (Lipinski definition) is 0. The summed E-state index contributed by atoms with van der Waals surface area (Å²) in [6.45, 7) is 1.25. The van der Waals surface area contributed by atoms with Gasteiger partial charge in [-0.15, -0.1) is 33.2 Å². The first kappa shape index (κ1) is 8.02. The van der Waals surface area contributed by atoms with E-state index in [1.165, 1.54) is 6.92 Å². The van der Waals surface area contributed by atoms with Gasteiger partial charge in [0.05, 0.1) is 0 Å². The predicted octanol–water partition coefficient (Wildman–Crippen LogP) is 2.54. The van der Waals surface area contributed by atoms with E-state index < -0.39 is 11.8 Å². The Balaban J connectivity index is 3.54. The average Bonchev–Trinajstić information content (AvgIpc) is 1.31. The van der Waals surface area contributed by atoms with E-state index in [1.807, 2.05) is 0 Å². The Morgan fingerprint density at radius 2 is 1.57 bits per heavy atom. The maximum atomic E-state index is 11.9. The fraction of sp³-hybridized carbons (Fsp3) is 1.00. The third-order valence-corrected chi connectivity index (χ3v) is 4.06. The summed E-state index contributed by atoms with van der Waals surface area (Å²) in [5.41, 5.74) is 0. The Kier molecular flexibility index (Phi) is 2.90. The van der Waals surface area contributed by atoms with E-state index in [4.69, 9.17) is 33.2 Å². The van der Waals surface area contributed by atoms with Crippen molar-refractivity contribution < 1.29 is 4.39 Å². The largest absolute Gasteiger partial charge is 0.374 e. The third kappa shape index (κ3) is 3.59. The molecule has 0 aliphatic carbocycles. The number of hydrogen-bond acceptors (Lipinski definition) is 0. The number of halogens is 4. The Labute approximate surface area is 56.7 Å². The molecular weight excluding hydrogens is 177 g/mol. The number of alkyl halides is 1. The molecule has 0 radical (unpaired) electrons. The summed E-state index contributed by atoms with van der Waals surface area (Å²) in [7, 11) is 0. The van der Waals surface area contributed by atoms with Crippen molar-refractivity contribution in [3.63, 3.8) is 0 Å². The van der Waals surface area contributed by atoms with E-state index in [2.05, 4.69) is 0 Å². The van der Waals surface area contributed by atoms with Crippen LogP contribution in [0.2, 0.25) is 0 Å². The highest BCUT2D eigenvalue weighted by Crippen LogP contribution is 2.25. The van der Waals surface area contributed by atoms with Crippen LogP contribution in [0.1, 0.15) is 6.92 Å². The summed E-state index contributed by atoms with van der Waals surface area (Å²) in [5, 5.41) is 0. The molecule has 0 aliphatic rings. The van der Waals surface area contributed by atoms with Gasteiger partial charge in [0.1, 0.15) is 5.79 Å². The van der Waals surface area contributed by atoms with Crippen molar-refractivity contribution in [3.05, 3.63) is 0 Å². The molecule has 0 aromatic carbocycles. The Hall–Kier alpha value is 1.02. The lowest BCUT2D eigenvalue weighted by Crippen LogP contribution is -2.23. The predicted molar refractivity (Wildman–Crippen MR) is 33.9 cm³/mol. The standard InChI is InChI=1S/C2H4Cl3FSi/c1-2(6)7(3,4)5/h2H,1H3. The van der Waals surface area contributed by atoms with Crippen LogP contribution in [0.25, 0.3) is 0 Å². The Morgan fingerprint density at radius 1 is 1.43 bits per heavy atom. The van der Waals surface area contributed by atoms with Crippen LogP contribution in [0.4, 0.5) is 4.39 Å². The molecule has 0 saturated heterocycles. The molecule has 5 heteroatoms. The summed E-state index contributed by atoms with van der Waals surface area (Å²) in [6.07, 6.45) is 0. The Morgan fingerprint density at radius 3 is 1.57 bits per heavy atom. The van der Waals surface area contributed by atoms with Gasteiger partial charge < -0.3 is 0 Å². The van der Waals surface area contributed by atoms with Crippen LogP contribution >= 0.6 is 33.2 Å². The van der Waals surface area contributed by atoms with E-state index >= 15 is 0 Å². The second-order valence-corrected chi connectivity index (χ2v) is 10.1. The zero-order valence-electron chi connectivity index (χ0n) is 3.59. The van der Waals surface area contributed by atoms with Gasteiger partial charge in [-0.05, 0) is 6.92 Å². The third-order valence-electron chi connectivity index (χ3n) is 0.451. The summed E-state index contributed by atoms with van der Waals surface area (Å²) in [4.78, 5) is 0. The summed E-state index contributed by atoms with van der Waals surface area (Å²) >= 11 is 15.5. The highest BCUT2D eigenvalue weighted by Gasteiger charge is 2.33. The monoisotopic (exact) mass is 180 g/mol. The van der Waals surface area contributed by atoms with E-state index in [0.29, 0.717) is 0 Å². The average molecular weight is 181 g/mol. The van der Waals surface area contributed by atoms with Gasteiger partial charge in [-0.25, -0.2) is 4.39 Å². The molecule has 0 amide bonds. The molecule has 0 rings (SSSR count). The zero-order chi connectivity index (χ0) is 6.08. The van der Waals surface area contributed by atoms with Crippen molar-refractivity contribution in [1.29, 1.82) is 0 Å². The highest BCUT2D eigenvalue weighted by molar-refractivity contribution is 7.65. The lowest BCUT2D eigenvalue weighted by atomic mass is 10.9. The topological polar surface area (TPSA) is 0 Å². The van der Waals surface area contributed by atoms with Gasteiger partial charge in [-0.3, -0.25) is 0 Å². The molecule has 0 aromatic rings. The van der Waals surface area contributed by atoms with Gasteiger partial charge in [0.2, 0.25) is 0 Å². The summed E-state index contributed by atoms with van der Waals surface area (Å²) < 4.78 is 11.9. The van der Waals surface area contributed by atoms with E-state index in [9.17, 15) is 4.39 Å². The first-order valence-corrected chi connectivity index (χ1v) is 6.76. The molecule has 0 aromatic heterocycles. The molecule has 0 saturated carbocycles. The van der Waals surface area contributed by atoms with Gasteiger partial charge in [0.15, 0.2) is 0 Å². The molecule has 7 heavy (non-hydrogen) atoms. The van der Waals surface area contributed by atoms with E-state index in [-0.39, 0.29) is 0 Å². The lowest BCUT2D eigenvalue weighted by molar-refractivity contribution is 0.468. The molecule has 44 valence electrons. The van der Waals surface area contributed by atoms with E-state index in [0.717, 1.165) is 0 Å². The normalized spacial score (nSPS) is 16.7. The molecule has 0 bridgehead atoms. The quantitative estimate of drug-likeness (QED) is 0.431. The zero-order valence-corrected chi connectivity index (χ0v) is 6.86.